The number of hydrogen-bond acceptors (Lipinski definition) is 5. The number of amides is 2. The molecule has 0 unspecified atom stereocenters. The van der Waals surface area contributed by atoms with E-state index in [4.69, 9.17) is 4.74 Å². The van der Waals surface area contributed by atoms with E-state index in [1.54, 1.807) is 13.8 Å². The van der Waals surface area contributed by atoms with Gasteiger partial charge in [-0.05, 0) is 118 Å². The number of ether oxygens (including phenoxy) is 1. The van der Waals surface area contributed by atoms with Crippen molar-refractivity contribution in [1.29, 1.82) is 0 Å². The van der Waals surface area contributed by atoms with Gasteiger partial charge < -0.3 is 25.0 Å². The van der Waals surface area contributed by atoms with Crippen LogP contribution in [0.25, 0.3) is 5.57 Å². The molecule has 0 spiro atoms. The maximum atomic E-state index is 14.8. The molecule has 8 nitrogen and oxygen atoms in total. The molecule has 2 bridgehead atoms. The number of nitrogens with one attached hydrogen (secondary N) is 1. The van der Waals surface area contributed by atoms with E-state index in [9.17, 15) is 19.5 Å². The molecular weight excluding hydrogens is 638 g/mol. The highest BCUT2D eigenvalue weighted by Crippen LogP contribution is 2.38. The zero-order valence-corrected chi connectivity index (χ0v) is 31.1. The van der Waals surface area contributed by atoms with Crippen LogP contribution in [0.3, 0.4) is 0 Å². The molecule has 2 atom stereocenters. The number of aryl methyl sites for hydroxylation is 3. The fraction of sp³-hybridized carbons (Fsp3) is 0.465. The molecule has 51 heavy (non-hydrogen) atoms. The fourth-order valence-corrected chi connectivity index (χ4v) is 7.44. The van der Waals surface area contributed by atoms with Crippen molar-refractivity contribution in [3.05, 3.63) is 105 Å². The van der Waals surface area contributed by atoms with Crippen LogP contribution < -0.4 is 10.1 Å². The normalized spacial score (nSPS) is 18.8. The molecule has 1 saturated heterocycles. The molecular formula is C43H53N3O5. The van der Waals surface area contributed by atoms with Crippen molar-refractivity contribution in [2.45, 2.75) is 105 Å². The van der Waals surface area contributed by atoms with Crippen molar-refractivity contribution in [1.82, 2.24) is 15.1 Å². The Kier molecular flexibility index (Phi) is 10.7. The number of carboxylic acids is 1. The number of carbonyl (C=O) groups excluding carboxylic acids is 2. The molecule has 2 N–H and O–H groups in total. The molecule has 2 fully saturated rings. The Morgan fingerprint density at radius 3 is 2.37 bits per heavy atom. The van der Waals surface area contributed by atoms with E-state index < -0.39 is 11.4 Å². The first kappa shape index (κ1) is 36.4. The van der Waals surface area contributed by atoms with Gasteiger partial charge in [-0.15, -0.1) is 0 Å². The van der Waals surface area contributed by atoms with Crippen LogP contribution in [0.5, 0.6) is 5.75 Å². The number of piperazine rings is 1. The minimum absolute atomic E-state index is 0.00780. The van der Waals surface area contributed by atoms with E-state index in [1.165, 1.54) is 22.3 Å². The smallest absolute Gasteiger partial charge is 0.309 e. The third-order valence-corrected chi connectivity index (χ3v) is 11.1. The predicted molar refractivity (Wildman–Crippen MR) is 201 cm³/mol. The van der Waals surface area contributed by atoms with E-state index in [2.05, 4.69) is 86.4 Å². The third-order valence-electron chi connectivity index (χ3n) is 11.1. The Bertz CT molecular complexity index is 1820. The number of nitrogens with zero attached hydrogens (tertiary/aromatic N) is 2. The molecule has 2 heterocycles. The van der Waals surface area contributed by atoms with Crippen molar-refractivity contribution in [2.75, 3.05) is 19.7 Å². The Morgan fingerprint density at radius 2 is 1.69 bits per heavy atom. The number of benzene rings is 3. The molecule has 6 rings (SSSR count). The first-order valence-corrected chi connectivity index (χ1v) is 18.5. The summed E-state index contributed by atoms with van der Waals surface area (Å²) in [6, 6.07) is 21.0. The molecule has 1 aliphatic carbocycles. The zero-order valence-electron chi connectivity index (χ0n) is 31.1. The van der Waals surface area contributed by atoms with Gasteiger partial charge in [-0.2, -0.15) is 0 Å². The third kappa shape index (κ3) is 8.39. The number of carboxylic acid groups (broad SMARTS) is 1. The highest BCUT2D eigenvalue weighted by atomic mass is 16.5. The molecule has 0 aromatic heterocycles. The van der Waals surface area contributed by atoms with E-state index in [0.29, 0.717) is 32.7 Å². The lowest BCUT2D eigenvalue weighted by molar-refractivity contribution is -0.148. The number of carbonyl (C=O) groups is 3. The molecule has 270 valence electrons. The van der Waals surface area contributed by atoms with E-state index >= 15 is 0 Å². The zero-order chi connectivity index (χ0) is 36.4. The van der Waals surface area contributed by atoms with Gasteiger partial charge in [0.05, 0.1) is 18.1 Å². The Morgan fingerprint density at radius 1 is 0.961 bits per heavy atom. The van der Waals surface area contributed by atoms with Gasteiger partial charge in [0.1, 0.15) is 5.75 Å². The average molecular weight is 692 g/mol. The topological polar surface area (TPSA) is 99.2 Å². The first-order valence-electron chi connectivity index (χ1n) is 18.5. The summed E-state index contributed by atoms with van der Waals surface area (Å²) in [6.07, 6.45) is 3.80. The molecule has 0 radical (unpaired) electrons. The standard InChI is InChI=1S/C43H53N3O5/c1-27-21-29(3)30(4)38(22-27)51-20-18-31-11-13-32(14-12-31)36-23-34-25-45(39(47)17-19-43(5,6)42(49)50)26-37(44-34)40(36)41(48)46(35-15-16-35)24-33-10-8-7-9-28(33)2/h7-14,21-22,34-35,37,44H,15-20,23-26H2,1-6H3,(H,49,50)/t34-,37-/m1/s1. The van der Waals surface area contributed by atoms with Gasteiger partial charge in [0, 0.05) is 50.1 Å². The van der Waals surface area contributed by atoms with Crippen LogP contribution in [0.15, 0.2) is 66.2 Å². The molecule has 1 saturated carbocycles. The summed E-state index contributed by atoms with van der Waals surface area (Å²) in [6.45, 7) is 13.7. The molecule has 8 heteroatoms. The average Bonchev–Trinajstić information content (AvgIpc) is 3.94. The monoisotopic (exact) mass is 691 g/mol. The van der Waals surface area contributed by atoms with Crippen LogP contribution in [0.2, 0.25) is 0 Å². The van der Waals surface area contributed by atoms with Crippen LogP contribution in [0, 0.1) is 33.1 Å². The summed E-state index contributed by atoms with van der Waals surface area (Å²) in [4.78, 5) is 44.0. The SMILES string of the molecule is Cc1cc(C)c(C)c(OCCc2ccc(C3=C(C(=O)N(Cc4ccccc4C)C4CC4)[C@H]4CN(C(=O)CCC(C)(C)C(=O)O)C[C@@H](C3)N4)cc2)c1. The second kappa shape index (κ2) is 15.0. The minimum Gasteiger partial charge on any atom is -0.493 e. The van der Waals surface area contributed by atoms with Gasteiger partial charge in [-0.25, -0.2) is 0 Å². The van der Waals surface area contributed by atoms with Crippen LogP contribution >= 0.6 is 0 Å². The van der Waals surface area contributed by atoms with Gasteiger partial charge >= 0.3 is 5.97 Å². The highest BCUT2D eigenvalue weighted by molar-refractivity contribution is 6.03. The number of rotatable bonds is 13. The minimum atomic E-state index is -0.981. The molecule has 3 aromatic carbocycles. The van der Waals surface area contributed by atoms with Crippen molar-refractivity contribution < 1.29 is 24.2 Å². The maximum absolute atomic E-state index is 14.8. The molecule has 3 aromatic rings. The quantitative estimate of drug-likeness (QED) is 0.201. The van der Waals surface area contributed by atoms with Gasteiger partial charge in [0.25, 0.3) is 5.91 Å². The van der Waals surface area contributed by atoms with E-state index in [1.807, 2.05) is 17.0 Å². The summed E-state index contributed by atoms with van der Waals surface area (Å²) in [5.74, 6) is 0.00593. The Hall–Kier alpha value is -4.43. The maximum Gasteiger partial charge on any atom is 0.309 e. The number of fused-ring (bicyclic) bond motifs is 2. The van der Waals surface area contributed by atoms with E-state index in [-0.39, 0.29) is 42.8 Å². The summed E-state index contributed by atoms with van der Waals surface area (Å²) in [7, 11) is 0. The van der Waals surface area contributed by atoms with Crippen LogP contribution in [-0.2, 0) is 27.3 Å². The van der Waals surface area contributed by atoms with Gasteiger partial charge in [-0.3, -0.25) is 14.4 Å². The van der Waals surface area contributed by atoms with Crippen molar-refractivity contribution in [3.8, 4) is 5.75 Å². The van der Waals surface area contributed by atoms with E-state index in [0.717, 1.165) is 52.8 Å². The molecule has 3 aliphatic rings. The van der Waals surface area contributed by atoms with Crippen LogP contribution in [-0.4, -0.2) is 70.5 Å². The Balaban J connectivity index is 1.26. The summed E-state index contributed by atoms with van der Waals surface area (Å²) in [5, 5.41) is 13.3. The second-order valence-electron chi connectivity index (χ2n) is 15.6. The number of hydrogen-bond donors (Lipinski definition) is 2. The number of aliphatic carboxylic acids is 1. The highest BCUT2D eigenvalue weighted by Gasteiger charge is 2.43. The van der Waals surface area contributed by atoms with Crippen molar-refractivity contribution >= 4 is 23.4 Å². The molecule has 2 aliphatic heterocycles. The Labute approximate surface area is 302 Å². The largest absolute Gasteiger partial charge is 0.493 e. The first-order chi connectivity index (χ1) is 24.3. The fourth-order valence-electron chi connectivity index (χ4n) is 7.44. The predicted octanol–water partition coefficient (Wildman–Crippen LogP) is 6.95. The van der Waals surface area contributed by atoms with Crippen molar-refractivity contribution in [3.63, 3.8) is 0 Å². The van der Waals surface area contributed by atoms with Gasteiger partial charge in [0.15, 0.2) is 0 Å². The second-order valence-corrected chi connectivity index (χ2v) is 15.6. The summed E-state index contributed by atoms with van der Waals surface area (Å²) < 4.78 is 6.21. The van der Waals surface area contributed by atoms with Gasteiger partial charge in [-0.1, -0.05) is 54.6 Å². The van der Waals surface area contributed by atoms with Gasteiger partial charge in [0.2, 0.25) is 5.91 Å². The lowest BCUT2D eigenvalue weighted by Gasteiger charge is -2.45. The van der Waals surface area contributed by atoms with Crippen LogP contribution in [0.4, 0.5) is 0 Å². The lowest BCUT2D eigenvalue weighted by atomic mass is 9.82. The molecule has 2 amide bonds. The van der Waals surface area contributed by atoms with Crippen LogP contribution in [0.1, 0.15) is 84.9 Å². The summed E-state index contributed by atoms with van der Waals surface area (Å²) >= 11 is 0. The lowest BCUT2D eigenvalue weighted by Crippen LogP contribution is -2.62. The summed E-state index contributed by atoms with van der Waals surface area (Å²) in [5.41, 5.74) is 8.93. The van der Waals surface area contributed by atoms with Crippen molar-refractivity contribution in [2.24, 2.45) is 5.41 Å².